The molecule has 0 radical (unpaired) electrons. The lowest BCUT2D eigenvalue weighted by molar-refractivity contribution is 0.0274. The molecule has 1 aliphatic rings. The molecular weight excluding hydrogens is 226 g/mol. The van der Waals surface area contributed by atoms with Crippen LogP contribution in [0, 0.1) is 5.92 Å². The predicted molar refractivity (Wildman–Crippen MR) is 57.6 cm³/mol. The molecule has 1 aromatic rings. The van der Waals surface area contributed by atoms with Crippen LogP contribution in [-0.2, 0) is 4.74 Å². The normalized spacial score (nSPS) is 16.0. The molecule has 2 N–H and O–H groups in total. The van der Waals surface area contributed by atoms with E-state index in [1.54, 1.807) is 0 Å². The SMILES string of the molecule is O=C(OCC1CCCC1)On1c(O)ccc1O. The Hall–Kier alpha value is -1.85. The van der Waals surface area contributed by atoms with Gasteiger partial charge in [0, 0.05) is 12.1 Å². The van der Waals surface area contributed by atoms with Gasteiger partial charge in [-0.05, 0) is 18.8 Å². The molecule has 1 saturated carbocycles. The van der Waals surface area contributed by atoms with Crippen LogP contribution in [0.15, 0.2) is 12.1 Å². The highest BCUT2D eigenvalue weighted by atomic mass is 16.8. The zero-order chi connectivity index (χ0) is 12.3. The maximum absolute atomic E-state index is 11.3. The molecule has 1 aliphatic carbocycles. The highest BCUT2D eigenvalue weighted by Crippen LogP contribution is 2.25. The number of aromatic nitrogens is 1. The summed E-state index contributed by atoms with van der Waals surface area (Å²) >= 11 is 0. The molecule has 2 rings (SSSR count). The first kappa shape index (κ1) is 11.6. The van der Waals surface area contributed by atoms with Crippen LogP contribution < -0.4 is 4.84 Å². The zero-order valence-corrected chi connectivity index (χ0v) is 9.33. The third kappa shape index (κ3) is 2.83. The largest absolute Gasteiger partial charge is 0.533 e. The average molecular weight is 241 g/mol. The van der Waals surface area contributed by atoms with Crippen LogP contribution in [0.25, 0.3) is 0 Å². The highest BCUT2D eigenvalue weighted by molar-refractivity contribution is 5.60. The number of nitrogens with zero attached hydrogens (tertiary/aromatic N) is 1. The van der Waals surface area contributed by atoms with Gasteiger partial charge in [-0.2, -0.15) is 0 Å². The molecule has 0 aromatic carbocycles. The minimum Gasteiger partial charge on any atom is -0.492 e. The zero-order valence-electron chi connectivity index (χ0n) is 9.33. The minimum atomic E-state index is -0.932. The van der Waals surface area contributed by atoms with Crippen LogP contribution in [0.2, 0.25) is 0 Å². The van der Waals surface area contributed by atoms with Crippen molar-refractivity contribution < 1.29 is 24.6 Å². The molecule has 6 nitrogen and oxygen atoms in total. The smallest absolute Gasteiger partial charge is 0.492 e. The second-order valence-electron chi connectivity index (χ2n) is 4.15. The number of rotatable bonds is 3. The minimum absolute atomic E-state index is 0.321. The molecule has 0 spiro atoms. The van der Waals surface area contributed by atoms with E-state index in [1.807, 2.05) is 0 Å². The summed E-state index contributed by atoms with van der Waals surface area (Å²) in [4.78, 5) is 15.9. The van der Waals surface area contributed by atoms with Crippen LogP contribution in [0.1, 0.15) is 25.7 Å². The Balaban J connectivity index is 1.80. The van der Waals surface area contributed by atoms with Crippen molar-refractivity contribution in [1.82, 2.24) is 4.73 Å². The topological polar surface area (TPSA) is 80.9 Å². The maximum Gasteiger partial charge on any atom is 0.533 e. The van der Waals surface area contributed by atoms with E-state index in [9.17, 15) is 15.0 Å². The molecule has 1 aromatic heterocycles. The third-order valence-electron chi connectivity index (χ3n) is 2.88. The van der Waals surface area contributed by atoms with Gasteiger partial charge in [0.25, 0.3) is 0 Å². The summed E-state index contributed by atoms with van der Waals surface area (Å²) < 4.78 is 5.51. The second-order valence-corrected chi connectivity index (χ2v) is 4.15. The van der Waals surface area contributed by atoms with E-state index in [2.05, 4.69) is 4.84 Å². The van der Waals surface area contributed by atoms with E-state index in [0.29, 0.717) is 17.3 Å². The van der Waals surface area contributed by atoms with E-state index in [0.717, 1.165) is 12.8 Å². The summed E-state index contributed by atoms with van der Waals surface area (Å²) in [6.07, 6.45) is 3.53. The van der Waals surface area contributed by atoms with Crippen molar-refractivity contribution in [1.29, 1.82) is 0 Å². The Morgan fingerprint density at radius 1 is 1.29 bits per heavy atom. The molecule has 0 amide bonds. The fourth-order valence-corrected chi connectivity index (χ4v) is 1.96. The molecule has 0 unspecified atom stereocenters. The lowest BCUT2D eigenvalue weighted by atomic mass is 10.1. The van der Waals surface area contributed by atoms with Crippen molar-refractivity contribution in [3.8, 4) is 11.8 Å². The van der Waals surface area contributed by atoms with Crippen LogP contribution in [0.4, 0.5) is 4.79 Å². The van der Waals surface area contributed by atoms with Gasteiger partial charge in [-0.25, -0.2) is 4.79 Å². The summed E-state index contributed by atoms with van der Waals surface area (Å²) in [7, 11) is 0. The van der Waals surface area contributed by atoms with Crippen LogP contribution in [-0.4, -0.2) is 27.7 Å². The lowest BCUT2D eigenvalue weighted by Gasteiger charge is -2.10. The highest BCUT2D eigenvalue weighted by Gasteiger charge is 2.19. The van der Waals surface area contributed by atoms with Gasteiger partial charge >= 0.3 is 6.16 Å². The molecule has 94 valence electrons. The fourth-order valence-electron chi connectivity index (χ4n) is 1.96. The first-order valence-corrected chi connectivity index (χ1v) is 5.61. The van der Waals surface area contributed by atoms with Gasteiger partial charge in [-0.1, -0.05) is 12.8 Å². The summed E-state index contributed by atoms with van der Waals surface area (Å²) in [5.41, 5.74) is 0. The van der Waals surface area contributed by atoms with Crippen molar-refractivity contribution in [3.63, 3.8) is 0 Å². The molecule has 0 bridgehead atoms. The van der Waals surface area contributed by atoms with E-state index >= 15 is 0 Å². The summed E-state index contributed by atoms with van der Waals surface area (Å²) in [6.45, 7) is 0.321. The second kappa shape index (κ2) is 4.99. The number of aromatic hydroxyl groups is 2. The third-order valence-corrected chi connectivity index (χ3v) is 2.88. The van der Waals surface area contributed by atoms with Crippen molar-refractivity contribution >= 4 is 6.16 Å². The summed E-state index contributed by atoms with van der Waals surface area (Å²) in [6, 6.07) is 2.42. The number of hydrogen-bond donors (Lipinski definition) is 2. The standard InChI is InChI=1S/C11H15NO5/c13-9-5-6-10(14)12(9)17-11(15)16-7-8-3-1-2-4-8/h5-6,8,13-14H,1-4,7H2. The number of carbonyl (C=O) groups is 1. The Morgan fingerprint density at radius 3 is 2.47 bits per heavy atom. The summed E-state index contributed by atoms with van der Waals surface area (Å²) in [5, 5.41) is 18.5. The van der Waals surface area contributed by atoms with Gasteiger partial charge in [0.2, 0.25) is 11.8 Å². The quantitative estimate of drug-likeness (QED) is 0.786. The molecule has 17 heavy (non-hydrogen) atoms. The number of hydrogen-bond acceptors (Lipinski definition) is 5. The Morgan fingerprint density at radius 2 is 1.88 bits per heavy atom. The van der Waals surface area contributed by atoms with E-state index < -0.39 is 6.16 Å². The monoisotopic (exact) mass is 241 g/mol. The van der Waals surface area contributed by atoms with E-state index in [1.165, 1.54) is 25.0 Å². The fraction of sp³-hybridized carbons (Fsp3) is 0.545. The van der Waals surface area contributed by atoms with Crippen molar-refractivity contribution in [2.45, 2.75) is 25.7 Å². The Labute approximate surface area is 98.3 Å². The van der Waals surface area contributed by atoms with Gasteiger partial charge in [0.05, 0.1) is 6.61 Å². The molecule has 1 heterocycles. The van der Waals surface area contributed by atoms with E-state index in [4.69, 9.17) is 4.74 Å². The average Bonchev–Trinajstić information content (AvgIpc) is 2.91. The van der Waals surface area contributed by atoms with Gasteiger partial charge in [0.15, 0.2) is 0 Å². The Bertz CT molecular complexity index is 375. The number of carbonyl (C=O) groups excluding carboxylic acids is 1. The molecule has 6 heteroatoms. The van der Waals surface area contributed by atoms with Crippen LogP contribution >= 0.6 is 0 Å². The van der Waals surface area contributed by atoms with Crippen LogP contribution in [0.5, 0.6) is 11.8 Å². The molecule has 0 aliphatic heterocycles. The number of ether oxygens (including phenoxy) is 1. The van der Waals surface area contributed by atoms with E-state index in [-0.39, 0.29) is 11.8 Å². The van der Waals surface area contributed by atoms with Crippen LogP contribution in [0.3, 0.4) is 0 Å². The van der Waals surface area contributed by atoms with Gasteiger partial charge in [-0.3, -0.25) is 4.84 Å². The molecule has 0 atom stereocenters. The Kier molecular flexibility index (Phi) is 3.41. The van der Waals surface area contributed by atoms with Gasteiger partial charge in [-0.15, -0.1) is 4.73 Å². The van der Waals surface area contributed by atoms with Crippen molar-refractivity contribution in [2.75, 3.05) is 6.61 Å². The molecule has 0 saturated heterocycles. The van der Waals surface area contributed by atoms with Gasteiger partial charge in [0.1, 0.15) is 0 Å². The van der Waals surface area contributed by atoms with Crippen molar-refractivity contribution in [3.05, 3.63) is 12.1 Å². The van der Waals surface area contributed by atoms with Gasteiger partial charge < -0.3 is 14.9 Å². The summed E-state index contributed by atoms with van der Waals surface area (Å²) in [5.74, 6) is -0.324. The first-order chi connectivity index (χ1) is 8.16. The maximum atomic E-state index is 11.3. The molecular formula is C11H15NO5. The van der Waals surface area contributed by atoms with Crippen molar-refractivity contribution in [2.24, 2.45) is 5.92 Å². The predicted octanol–water partition coefficient (Wildman–Crippen LogP) is 1.65. The molecule has 1 fully saturated rings. The first-order valence-electron chi connectivity index (χ1n) is 5.61. The lowest BCUT2D eigenvalue weighted by Crippen LogP contribution is -2.22.